The molecule has 5 heteroatoms. The van der Waals surface area contributed by atoms with Gasteiger partial charge in [-0.1, -0.05) is 129 Å². The van der Waals surface area contributed by atoms with Crippen molar-refractivity contribution in [2.75, 3.05) is 0 Å². The zero-order valence-corrected chi connectivity index (χ0v) is 23.9. The van der Waals surface area contributed by atoms with Crippen molar-refractivity contribution in [1.82, 2.24) is 0 Å². The van der Waals surface area contributed by atoms with Crippen LogP contribution in [0.5, 0.6) is 0 Å². The van der Waals surface area contributed by atoms with Crippen LogP contribution in [0.15, 0.2) is 0 Å². The zero-order valence-electron chi connectivity index (χ0n) is 20.9. The normalized spacial score (nSPS) is 10.1. The van der Waals surface area contributed by atoms with E-state index in [1.54, 1.807) is 0 Å². The molecule has 0 aromatic rings. The molecule has 0 aromatic carbocycles. The van der Waals surface area contributed by atoms with E-state index in [0.717, 1.165) is 25.7 Å². The molecule has 4 nitrogen and oxygen atoms in total. The Labute approximate surface area is 206 Å². The maximum absolute atomic E-state index is 10.1. The van der Waals surface area contributed by atoms with Crippen LogP contribution in [0.3, 0.4) is 0 Å². The number of hydrogen-bond donors (Lipinski definition) is 0. The van der Waals surface area contributed by atoms with Gasteiger partial charge >= 0.3 is 19.5 Å². The molecule has 0 rings (SSSR count). The number of carbonyl (C=O) groups excluding carboxylic acids is 2. The minimum atomic E-state index is -0.909. The predicted molar refractivity (Wildman–Crippen MR) is 123 cm³/mol. The molecular weight excluding hydrogens is 442 g/mol. The number of rotatable bonds is 22. The SMILES string of the molecule is CCCCCCCCCCCC(=O)[O-].CCCCCCCCCCCCCC(=O)[O-].[Zn+2]. The molecule has 0 bridgehead atoms. The molecule has 31 heavy (non-hydrogen) atoms. The molecule has 0 amide bonds. The molecule has 0 spiro atoms. The standard InChI is InChI=1S/C14H28O2.C12H24O2.Zn/c1-2-3-4-5-6-7-8-9-10-11-12-13-14(15)16;1-2-3-4-5-6-7-8-9-10-11-12(13)14;/h2-13H2,1H3,(H,15,16);2-11H2,1H3,(H,13,14);/q;;+2/p-2. The second kappa shape index (κ2) is 31.7. The van der Waals surface area contributed by atoms with Gasteiger partial charge in [0.1, 0.15) is 0 Å². The molecule has 0 saturated heterocycles. The van der Waals surface area contributed by atoms with Gasteiger partial charge in [0.15, 0.2) is 0 Å². The summed E-state index contributed by atoms with van der Waals surface area (Å²) in [5.74, 6) is -1.82. The van der Waals surface area contributed by atoms with Crippen LogP contribution >= 0.6 is 0 Å². The summed E-state index contributed by atoms with van der Waals surface area (Å²) in [7, 11) is 0. The quantitative estimate of drug-likeness (QED) is 0.135. The van der Waals surface area contributed by atoms with E-state index in [-0.39, 0.29) is 32.3 Å². The fourth-order valence-electron chi connectivity index (χ4n) is 3.51. The summed E-state index contributed by atoms with van der Waals surface area (Å²) in [6.07, 6.45) is 25.2. The monoisotopic (exact) mass is 490 g/mol. The molecular formula is C26H50O4Zn. The minimum absolute atomic E-state index is 0. The largest absolute Gasteiger partial charge is 2.00 e. The van der Waals surface area contributed by atoms with Gasteiger partial charge in [-0.2, -0.15) is 0 Å². The minimum Gasteiger partial charge on any atom is -0.550 e. The van der Waals surface area contributed by atoms with Crippen LogP contribution in [0.1, 0.15) is 155 Å². The Kier molecular flexibility index (Phi) is 36.0. The number of aliphatic carboxylic acids is 2. The summed E-state index contributed by atoms with van der Waals surface area (Å²) in [6.45, 7) is 4.46. The Bertz CT molecular complexity index is 361. The van der Waals surface area contributed by atoms with Gasteiger partial charge in [-0.3, -0.25) is 0 Å². The van der Waals surface area contributed by atoms with Crippen LogP contribution in [0.2, 0.25) is 0 Å². The number of hydrogen-bond acceptors (Lipinski definition) is 4. The van der Waals surface area contributed by atoms with E-state index in [0.29, 0.717) is 0 Å². The molecule has 0 aromatic heterocycles. The second-order valence-corrected chi connectivity index (χ2v) is 8.61. The number of unbranched alkanes of at least 4 members (excludes halogenated alkanes) is 18. The van der Waals surface area contributed by atoms with Gasteiger partial charge < -0.3 is 19.8 Å². The van der Waals surface area contributed by atoms with E-state index in [4.69, 9.17) is 0 Å². The third-order valence-electron chi connectivity index (χ3n) is 5.47. The Hall–Kier alpha value is -0.437. The molecule has 180 valence electrons. The topological polar surface area (TPSA) is 80.3 Å². The van der Waals surface area contributed by atoms with E-state index in [1.807, 2.05) is 0 Å². The van der Waals surface area contributed by atoms with E-state index in [1.165, 1.54) is 103 Å². The molecule has 0 atom stereocenters. The molecule has 0 radical (unpaired) electrons. The van der Waals surface area contributed by atoms with E-state index in [9.17, 15) is 19.8 Å². The van der Waals surface area contributed by atoms with Crippen molar-refractivity contribution in [3.05, 3.63) is 0 Å². The van der Waals surface area contributed by atoms with Crippen LogP contribution in [0.25, 0.3) is 0 Å². The molecule has 0 heterocycles. The van der Waals surface area contributed by atoms with Crippen LogP contribution in [0.4, 0.5) is 0 Å². The summed E-state index contributed by atoms with van der Waals surface area (Å²) >= 11 is 0. The summed E-state index contributed by atoms with van der Waals surface area (Å²) in [5, 5.41) is 20.2. The first-order valence-corrected chi connectivity index (χ1v) is 12.9. The average molecular weight is 492 g/mol. The second-order valence-electron chi connectivity index (χ2n) is 8.61. The van der Waals surface area contributed by atoms with Crippen LogP contribution in [-0.4, -0.2) is 11.9 Å². The summed E-state index contributed by atoms with van der Waals surface area (Å²) in [5.41, 5.74) is 0. The molecule has 0 unspecified atom stereocenters. The first kappa shape index (κ1) is 35.2. The van der Waals surface area contributed by atoms with Gasteiger partial charge in [-0.25, -0.2) is 0 Å². The predicted octanol–water partition coefficient (Wildman–Crippen LogP) is 6.09. The van der Waals surface area contributed by atoms with Crippen molar-refractivity contribution in [2.24, 2.45) is 0 Å². The van der Waals surface area contributed by atoms with Crippen LogP contribution in [0, 0.1) is 0 Å². The molecule has 0 aliphatic rings. The first-order valence-electron chi connectivity index (χ1n) is 12.9. The van der Waals surface area contributed by atoms with Crippen LogP contribution in [-0.2, 0) is 29.1 Å². The van der Waals surface area contributed by atoms with Crippen molar-refractivity contribution >= 4 is 11.9 Å². The Morgan fingerprint density at radius 3 is 0.806 bits per heavy atom. The van der Waals surface area contributed by atoms with Crippen molar-refractivity contribution in [2.45, 2.75) is 155 Å². The van der Waals surface area contributed by atoms with Gasteiger partial charge in [0.2, 0.25) is 0 Å². The third kappa shape index (κ3) is 40.5. The van der Waals surface area contributed by atoms with Gasteiger partial charge in [-0.15, -0.1) is 0 Å². The van der Waals surface area contributed by atoms with Crippen molar-refractivity contribution in [1.29, 1.82) is 0 Å². The van der Waals surface area contributed by atoms with Gasteiger partial charge in [0, 0.05) is 11.9 Å². The van der Waals surface area contributed by atoms with E-state index >= 15 is 0 Å². The fourth-order valence-corrected chi connectivity index (χ4v) is 3.51. The van der Waals surface area contributed by atoms with Crippen molar-refractivity contribution < 1.29 is 39.3 Å². The van der Waals surface area contributed by atoms with Crippen molar-refractivity contribution in [3.63, 3.8) is 0 Å². The smallest absolute Gasteiger partial charge is 0.550 e. The zero-order chi connectivity index (χ0) is 22.7. The fraction of sp³-hybridized carbons (Fsp3) is 0.923. The number of carbonyl (C=O) groups is 2. The van der Waals surface area contributed by atoms with Gasteiger partial charge in [0.05, 0.1) is 0 Å². The Morgan fingerprint density at radius 2 is 0.613 bits per heavy atom. The molecule has 0 aliphatic heterocycles. The summed E-state index contributed by atoms with van der Waals surface area (Å²) in [4.78, 5) is 20.2. The first-order chi connectivity index (χ1) is 14.5. The number of carboxylic acid groups (broad SMARTS) is 2. The Balaban J connectivity index is -0.000000494. The van der Waals surface area contributed by atoms with Crippen molar-refractivity contribution in [3.8, 4) is 0 Å². The third-order valence-corrected chi connectivity index (χ3v) is 5.47. The summed E-state index contributed by atoms with van der Waals surface area (Å²) < 4.78 is 0. The number of carboxylic acids is 2. The average Bonchev–Trinajstić information content (AvgIpc) is 2.71. The Morgan fingerprint density at radius 1 is 0.419 bits per heavy atom. The summed E-state index contributed by atoms with van der Waals surface area (Å²) in [6, 6.07) is 0. The van der Waals surface area contributed by atoms with E-state index < -0.39 is 11.9 Å². The maximum Gasteiger partial charge on any atom is 2.00 e. The molecule has 0 fully saturated rings. The van der Waals surface area contributed by atoms with Gasteiger partial charge in [-0.05, 0) is 25.7 Å². The van der Waals surface area contributed by atoms with Gasteiger partial charge in [0.25, 0.3) is 0 Å². The molecule has 0 N–H and O–H groups in total. The maximum atomic E-state index is 10.1. The van der Waals surface area contributed by atoms with E-state index in [2.05, 4.69) is 13.8 Å². The van der Waals surface area contributed by atoms with Crippen LogP contribution < -0.4 is 10.2 Å². The molecule has 0 saturated carbocycles. The molecule has 0 aliphatic carbocycles.